The molecule has 6 nitrogen and oxygen atoms in total. The Balaban J connectivity index is 1.43. The normalized spacial score (nSPS) is 16.9. The van der Waals surface area contributed by atoms with Gasteiger partial charge in [0, 0.05) is 17.7 Å². The first kappa shape index (κ1) is 16.1. The fourth-order valence-corrected chi connectivity index (χ4v) is 4.21. The zero-order valence-corrected chi connectivity index (χ0v) is 15.2. The van der Waals surface area contributed by atoms with E-state index < -0.39 is 0 Å². The molecule has 2 aromatic carbocycles. The van der Waals surface area contributed by atoms with Crippen LogP contribution in [-0.2, 0) is 0 Å². The number of benzene rings is 2. The van der Waals surface area contributed by atoms with E-state index >= 15 is 0 Å². The Morgan fingerprint density at radius 1 is 1.19 bits per heavy atom. The van der Waals surface area contributed by atoms with E-state index in [-0.39, 0.29) is 11.9 Å². The lowest BCUT2D eigenvalue weighted by Crippen LogP contribution is -2.30. The van der Waals surface area contributed by atoms with Crippen molar-refractivity contribution >= 4 is 27.5 Å². The molecule has 0 radical (unpaired) electrons. The van der Waals surface area contributed by atoms with E-state index in [4.69, 9.17) is 4.52 Å². The molecule has 1 aliphatic heterocycles. The summed E-state index contributed by atoms with van der Waals surface area (Å²) in [6.45, 7) is 0.688. The molecule has 1 saturated heterocycles. The van der Waals surface area contributed by atoms with Gasteiger partial charge >= 0.3 is 0 Å². The minimum atomic E-state index is -0.181. The Morgan fingerprint density at radius 3 is 2.96 bits per heavy atom. The zero-order chi connectivity index (χ0) is 18.2. The minimum absolute atomic E-state index is 0.00717. The predicted molar refractivity (Wildman–Crippen MR) is 102 cm³/mol. The lowest BCUT2D eigenvalue weighted by Gasteiger charge is -2.21. The molecule has 5 rings (SSSR count). The van der Waals surface area contributed by atoms with Gasteiger partial charge in [0.15, 0.2) is 0 Å². The van der Waals surface area contributed by atoms with Gasteiger partial charge in [0.05, 0.1) is 15.7 Å². The second-order valence-electron chi connectivity index (χ2n) is 6.51. The molecule has 1 amide bonds. The van der Waals surface area contributed by atoms with Gasteiger partial charge in [-0.15, -0.1) is 11.3 Å². The van der Waals surface area contributed by atoms with Gasteiger partial charge < -0.3 is 9.42 Å². The summed E-state index contributed by atoms with van der Waals surface area (Å²) in [5.74, 6) is 1.04. The largest absolute Gasteiger partial charge is 0.337 e. The number of nitrogens with zero attached hydrogens (tertiary/aromatic N) is 4. The smallest absolute Gasteiger partial charge is 0.254 e. The molecule has 1 aliphatic rings. The molecule has 0 N–H and O–H groups in total. The number of likely N-dealkylation sites (tertiary alicyclic amines) is 1. The van der Waals surface area contributed by atoms with Gasteiger partial charge in [0.1, 0.15) is 6.04 Å². The molecule has 0 bridgehead atoms. The molecule has 134 valence electrons. The molecule has 2 aromatic heterocycles. The highest BCUT2D eigenvalue weighted by molar-refractivity contribution is 7.16. The maximum absolute atomic E-state index is 13.1. The Labute approximate surface area is 159 Å². The van der Waals surface area contributed by atoms with Crippen molar-refractivity contribution in [1.29, 1.82) is 0 Å². The minimum Gasteiger partial charge on any atom is -0.337 e. The van der Waals surface area contributed by atoms with Gasteiger partial charge in [0.2, 0.25) is 11.7 Å². The second-order valence-corrected chi connectivity index (χ2v) is 7.40. The third-order valence-corrected chi connectivity index (χ3v) is 5.64. The van der Waals surface area contributed by atoms with Crippen molar-refractivity contribution in [2.75, 3.05) is 6.54 Å². The molecule has 27 heavy (non-hydrogen) atoms. The maximum atomic E-state index is 13.1. The molecule has 7 heteroatoms. The van der Waals surface area contributed by atoms with Crippen LogP contribution in [-0.4, -0.2) is 32.5 Å². The molecule has 1 atom stereocenters. The Kier molecular flexibility index (Phi) is 3.94. The van der Waals surface area contributed by atoms with Gasteiger partial charge in [-0.1, -0.05) is 35.5 Å². The van der Waals surface area contributed by atoms with Crippen molar-refractivity contribution in [2.24, 2.45) is 0 Å². The molecule has 1 unspecified atom stereocenters. The third-order valence-electron chi connectivity index (χ3n) is 4.85. The van der Waals surface area contributed by atoms with Crippen molar-refractivity contribution < 1.29 is 9.32 Å². The second kappa shape index (κ2) is 6.59. The van der Waals surface area contributed by atoms with Crippen molar-refractivity contribution in [3.8, 4) is 11.4 Å². The maximum Gasteiger partial charge on any atom is 0.254 e. The predicted octanol–water partition coefficient (Wildman–Crippen LogP) is 4.32. The van der Waals surface area contributed by atoms with Crippen LogP contribution in [0.15, 0.2) is 58.6 Å². The molecular weight excluding hydrogens is 360 g/mol. The van der Waals surface area contributed by atoms with E-state index in [9.17, 15) is 4.79 Å². The average Bonchev–Trinajstić information content (AvgIpc) is 3.47. The van der Waals surface area contributed by atoms with Crippen LogP contribution in [0.4, 0.5) is 0 Å². The van der Waals surface area contributed by atoms with Crippen LogP contribution < -0.4 is 0 Å². The van der Waals surface area contributed by atoms with E-state index in [1.807, 2.05) is 53.4 Å². The number of amides is 1. The summed E-state index contributed by atoms with van der Waals surface area (Å²) >= 11 is 1.54. The summed E-state index contributed by atoms with van der Waals surface area (Å²) in [4.78, 5) is 23.8. The van der Waals surface area contributed by atoms with Gasteiger partial charge in [0.25, 0.3) is 5.91 Å². The van der Waals surface area contributed by atoms with Gasteiger partial charge in [-0.05, 0) is 31.0 Å². The van der Waals surface area contributed by atoms with Crippen molar-refractivity contribution in [2.45, 2.75) is 18.9 Å². The molecule has 0 aliphatic carbocycles. The lowest BCUT2D eigenvalue weighted by atomic mass is 10.1. The van der Waals surface area contributed by atoms with Crippen molar-refractivity contribution in [3.05, 3.63) is 65.5 Å². The summed E-state index contributed by atoms with van der Waals surface area (Å²) in [5.41, 5.74) is 4.28. The summed E-state index contributed by atoms with van der Waals surface area (Å²) in [6.07, 6.45) is 1.74. The van der Waals surface area contributed by atoms with E-state index in [0.29, 0.717) is 23.8 Å². The Morgan fingerprint density at radius 2 is 2.07 bits per heavy atom. The number of carbonyl (C=O) groups excluding carboxylic acids is 1. The lowest BCUT2D eigenvalue weighted by molar-refractivity contribution is 0.0710. The van der Waals surface area contributed by atoms with Crippen LogP contribution in [0.1, 0.15) is 35.1 Å². The van der Waals surface area contributed by atoms with E-state index in [1.54, 1.807) is 5.51 Å². The van der Waals surface area contributed by atoms with Crippen molar-refractivity contribution in [3.63, 3.8) is 0 Å². The molecule has 1 fully saturated rings. The number of hydrogen-bond donors (Lipinski definition) is 0. The average molecular weight is 376 g/mol. The standard InChI is InChI=1S/C20H16N4O2S/c25-20(14-8-9-15-17(11-14)27-12-21-15)24-10-4-7-16(24)19-22-18(23-26-19)13-5-2-1-3-6-13/h1-3,5-6,8-9,11-12,16H,4,7,10H2. The number of fused-ring (bicyclic) bond motifs is 1. The van der Waals surface area contributed by atoms with Crippen LogP contribution in [0.25, 0.3) is 21.6 Å². The molecule has 4 aromatic rings. The Bertz CT molecular complexity index is 1110. The topological polar surface area (TPSA) is 72.1 Å². The fraction of sp³-hybridized carbons (Fsp3) is 0.200. The number of hydrogen-bond acceptors (Lipinski definition) is 6. The van der Waals surface area contributed by atoms with Gasteiger partial charge in [-0.2, -0.15) is 4.98 Å². The molecular formula is C20H16N4O2S. The number of rotatable bonds is 3. The summed E-state index contributed by atoms with van der Waals surface area (Å²) < 4.78 is 6.53. The van der Waals surface area contributed by atoms with E-state index in [1.165, 1.54) is 11.3 Å². The van der Waals surface area contributed by atoms with Crippen LogP contribution in [0.2, 0.25) is 0 Å². The highest BCUT2D eigenvalue weighted by atomic mass is 32.1. The summed E-state index contributed by atoms with van der Waals surface area (Å²) in [5, 5.41) is 4.10. The summed E-state index contributed by atoms with van der Waals surface area (Å²) in [7, 11) is 0. The van der Waals surface area contributed by atoms with E-state index in [0.717, 1.165) is 28.6 Å². The monoisotopic (exact) mass is 376 g/mol. The van der Waals surface area contributed by atoms with Crippen LogP contribution >= 0.6 is 11.3 Å². The van der Waals surface area contributed by atoms with Gasteiger partial charge in [-0.25, -0.2) is 4.98 Å². The molecule has 0 saturated carbocycles. The highest BCUT2D eigenvalue weighted by Crippen LogP contribution is 2.33. The highest BCUT2D eigenvalue weighted by Gasteiger charge is 2.34. The fourth-order valence-electron chi connectivity index (χ4n) is 3.50. The number of aromatic nitrogens is 3. The first-order valence-corrected chi connectivity index (χ1v) is 9.71. The molecule has 0 spiro atoms. The number of thiazole rings is 1. The van der Waals surface area contributed by atoms with E-state index in [2.05, 4.69) is 15.1 Å². The van der Waals surface area contributed by atoms with Crippen LogP contribution in [0.5, 0.6) is 0 Å². The number of carbonyl (C=O) groups is 1. The summed E-state index contributed by atoms with van der Waals surface area (Å²) in [6, 6.07) is 15.2. The van der Waals surface area contributed by atoms with Gasteiger partial charge in [-0.3, -0.25) is 4.79 Å². The van der Waals surface area contributed by atoms with Crippen molar-refractivity contribution in [1.82, 2.24) is 20.0 Å². The first-order valence-electron chi connectivity index (χ1n) is 8.83. The van der Waals surface area contributed by atoms with Crippen LogP contribution in [0, 0.1) is 0 Å². The third kappa shape index (κ3) is 2.90. The van der Waals surface area contributed by atoms with Crippen LogP contribution in [0.3, 0.4) is 0 Å². The Hall–Kier alpha value is -3.06. The quantitative estimate of drug-likeness (QED) is 0.532. The first-order chi connectivity index (χ1) is 13.3. The molecule has 3 heterocycles. The SMILES string of the molecule is O=C(c1ccc2ncsc2c1)N1CCCC1c1nc(-c2ccccc2)no1. The zero-order valence-electron chi connectivity index (χ0n) is 14.4.